The topological polar surface area (TPSA) is 92.5 Å². The van der Waals surface area contributed by atoms with Gasteiger partial charge in [0, 0.05) is 18.7 Å². The first-order valence-corrected chi connectivity index (χ1v) is 8.07. The summed E-state index contributed by atoms with van der Waals surface area (Å²) in [7, 11) is 0. The molecule has 0 bridgehead atoms. The first-order valence-electron chi connectivity index (χ1n) is 7.25. The first-order chi connectivity index (χ1) is 10.4. The molecule has 0 spiro atoms. The maximum absolute atomic E-state index is 12.4. The van der Waals surface area contributed by atoms with Crippen molar-refractivity contribution < 1.29 is 14.5 Å². The summed E-state index contributed by atoms with van der Waals surface area (Å²) in [5.74, 6) is -0.560. The van der Waals surface area contributed by atoms with Gasteiger partial charge in [-0.2, -0.15) is 0 Å². The second kappa shape index (κ2) is 6.87. The molecule has 120 valence electrons. The van der Waals surface area contributed by atoms with Crippen LogP contribution in [0.15, 0.2) is 12.1 Å². The summed E-state index contributed by atoms with van der Waals surface area (Å²) in [5.41, 5.74) is 0. The fourth-order valence-corrected chi connectivity index (χ4v) is 3.28. The number of nitrogens with zero attached hydrogens (tertiary/aromatic N) is 2. The molecule has 2 rings (SSSR count). The number of nitro groups is 1. The third kappa shape index (κ3) is 3.62. The van der Waals surface area contributed by atoms with E-state index in [2.05, 4.69) is 5.32 Å². The first kappa shape index (κ1) is 16.4. The predicted octanol–water partition coefficient (Wildman–Crippen LogP) is 2.18. The van der Waals surface area contributed by atoms with Crippen LogP contribution in [0.1, 0.15) is 42.8 Å². The zero-order valence-corrected chi connectivity index (χ0v) is 13.4. The van der Waals surface area contributed by atoms with Crippen molar-refractivity contribution in [1.82, 2.24) is 10.2 Å². The number of likely N-dealkylation sites (tertiary alicyclic amines) is 1. The third-order valence-electron chi connectivity index (χ3n) is 3.80. The molecule has 1 aromatic heterocycles. The van der Waals surface area contributed by atoms with Gasteiger partial charge in [0.05, 0.1) is 9.80 Å². The monoisotopic (exact) mass is 325 g/mol. The Bertz CT molecular complexity index is 586. The zero-order valence-electron chi connectivity index (χ0n) is 12.6. The average Bonchev–Trinajstić information content (AvgIpc) is 2.97. The van der Waals surface area contributed by atoms with Gasteiger partial charge in [0.1, 0.15) is 6.04 Å². The highest BCUT2D eigenvalue weighted by atomic mass is 32.1. The Kier molecular flexibility index (Phi) is 5.12. The van der Waals surface area contributed by atoms with Gasteiger partial charge < -0.3 is 10.2 Å². The van der Waals surface area contributed by atoms with Crippen molar-refractivity contribution >= 4 is 28.2 Å². The van der Waals surface area contributed by atoms with E-state index in [-0.39, 0.29) is 21.8 Å². The van der Waals surface area contributed by atoms with Crippen LogP contribution in [0.25, 0.3) is 0 Å². The minimum atomic E-state index is -0.644. The number of carbonyl (C=O) groups excluding carboxylic acids is 2. The van der Waals surface area contributed by atoms with Crippen molar-refractivity contribution in [3.8, 4) is 0 Å². The minimum absolute atomic E-state index is 0.0891. The smallest absolute Gasteiger partial charge is 0.324 e. The van der Waals surface area contributed by atoms with Crippen molar-refractivity contribution in [3.63, 3.8) is 0 Å². The molecule has 1 fully saturated rings. The Morgan fingerprint density at radius 2 is 2.18 bits per heavy atom. The molecule has 7 nitrogen and oxygen atoms in total. The highest BCUT2D eigenvalue weighted by Crippen LogP contribution is 2.24. The summed E-state index contributed by atoms with van der Waals surface area (Å²) in [4.78, 5) is 36.6. The quantitative estimate of drug-likeness (QED) is 0.678. The molecular weight excluding hydrogens is 306 g/mol. The highest BCUT2D eigenvalue weighted by Gasteiger charge is 2.28. The standard InChI is InChI=1S/C14H19N3O4S/c1-9-5-3-4-8-16(9)14(19)10(2)15-13(18)11-6-7-12(22-11)17(20)21/h6-7,9-10H,3-5,8H2,1-2H3,(H,15,18). The Labute approximate surface area is 132 Å². The SMILES string of the molecule is CC(NC(=O)c1ccc([N+](=O)[O-])s1)C(=O)N1CCCCC1C. The second-order valence-electron chi connectivity index (χ2n) is 5.47. The molecule has 2 heterocycles. The number of piperidine rings is 1. The average molecular weight is 325 g/mol. The molecule has 1 saturated heterocycles. The van der Waals surface area contributed by atoms with E-state index in [1.807, 2.05) is 6.92 Å². The van der Waals surface area contributed by atoms with E-state index in [9.17, 15) is 19.7 Å². The van der Waals surface area contributed by atoms with Gasteiger partial charge >= 0.3 is 5.00 Å². The molecule has 0 aromatic carbocycles. The number of amides is 2. The Morgan fingerprint density at radius 3 is 2.77 bits per heavy atom. The van der Waals surface area contributed by atoms with Crippen molar-refractivity contribution in [1.29, 1.82) is 0 Å². The lowest BCUT2D eigenvalue weighted by atomic mass is 10.0. The van der Waals surface area contributed by atoms with Gasteiger partial charge in [0.15, 0.2) is 0 Å². The summed E-state index contributed by atoms with van der Waals surface area (Å²) >= 11 is 0.803. The third-order valence-corrected chi connectivity index (χ3v) is 4.84. The van der Waals surface area contributed by atoms with Crippen LogP contribution in [0.4, 0.5) is 5.00 Å². The normalized spacial score (nSPS) is 19.5. The van der Waals surface area contributed by atoms with E-state index < -0.39 is 16.9 Å². The van der Waals surface area contributed by atoms with E-state index in [0.29, 0.717) is 6.54 Å². The van der Waals surface area contributed by atoms with Gasteiger partial charge in [0.2, 0.25) is 5.91 Å². The molecule has 22 heavy (non-hydrogen) atoms. The predicted molar refractivity (Wildman–Crippen MR) is 82.9 cm³/mol. The molecule has 0 saturated carbocycles. The number of rotatable bonds is 4. The van der Waals surface area contributed by atoms with Crippen LogP contribution in [-0.4, -0.2) is 40.3 Å². The molecule has 1 aliphatic rings. The molecule has 0 aliphatic carbocycles. The number of carbonyl (C=O) groups is 2. The van der Waals surface area contributed by atoms with E-state index in [1.165, 1.54) is 12.1 Å². The summed E-state index contributed by atoms with van der Waals surface area (Å²) in [6.07, 6.45) is 3.07. The highest BCUT2D eigenvalue weighted by molar-refractivity contribution is 7.17. The largest absolute Gasteiger partial charge is 0.340 e. The molecule has 2 atom stereocenters. The molecule has 2 amide bonds. The van der Waals surface area contributed by atoms with E-state index >= 15 is 0 Å². The number of thiophene rings is 1. The van der Waals surface area contributed by atoms with E-state index in [0.717, 1.165) is 30.6 Å². The molecular formula is C14H19N3O4S. The molecule has 2 unspecified atom stereocenters. The maximum atomic E-state index is 12.4. The summed E-state index contributed by atoms with van der Waals surface area (Å²) in [5, 5.41) is 13.2. The van der Waals surface area contributed by atoms with Crippen molar-refractivity contribution in [2.45, 2.75) is 45.2 Å². The van der Waals surface area contributed by atoms with Crippen molar-refractivity contribution in [2.75, 3.05) is 6.54 Å². The van der Waals surface area contributed by atoms with Crippen molar-refractivity contribution in [3.05, 3.63) is 27.1 Å². The molecule has 0 radical (unpaired) electrons. The summed E-state index contributed by atoms with van der Waals surface area (Å²) in [6, 6.07) is 2.23. The molecule has 1 N–H and O–H groups in total. The van der Waals surface area contributed by atoms with Gasteiger partial charge in [-0.1, -0.05) is 11.3 Å². The Hall–Kier alpha value is -1.96. The second-order valence-corrected chi connectivity index (χ2v) is 6.53. The van der Waals surface area contributed by atoms with Crippen LogP contribution < -0.4 is 5.32 Å². The summed E-state index contributed by atoms with van der Waals surface area (Å²) in [6.45, 7) is 4.36. The molecule has 8 heteroatoms. The van der Waals surface area contributed by atoms with Gasteiger partial charge in [-0.15, -0.1) is 0 Å². The van der Waals surface area contributed by atoms with E-state index in [1.54, 1.807) is 11.8 Å². The lowest BCUT2D eigenvalue weighted by Crippen LogP contribution is -2.51. The number of nitrogens with one attached hydrogen (secondary N) is 1. The fraction of sp³-hybridized carbons (Fsp3) is 0.571. The lowest BCUT2D eigenvalue weighted by Gasteiger charge is -2.35. The Balaban J connectivity index is 1.97. The van der Waals surface area contributed by atoms with Gasteiger partial charge in [-0.05, 0) is 39.2 Å². The Morgan fingerprint density at radius 1 is 1.45 bits per heavy atom. The van der Waals surface area contributed by atoms with Crippen molar-refractivity contribution in [2.24, 2.45) is 0 Å². The molecule has 1 aliphatic heterocycles. The zero-order chi connectivity index (χ0) is 16.3. The molecule has 1 aromatic rings. The van der Waals surface area contributed by atoms with Crippen LogP contribution in [0, 0.1) is 10.1 Å². The van der Waals surface area contributed by atoms with Crippen LogP contribution in [0.3, 0.4) is 0 Å². The van der Waals surface area contributed by atoms with Crippen LogP contribution in [0.2, 0.25) is 0 Å². The van der Waals surface area contributed by atoms with Crippen LogP contribution in [-0.2, 0) is 4.79 Å². The van der Waals surface area contributed by atoms with Gasteiger partial charge in [-0.3, -0.25) is 19.7 Å². The van der Waals surface area contributed by atoms with Gasteiger partial charge in [0.25, 0.3) is 5.91 Å². The van der Waals surface area contributed by atoms with Gasteiger partial charge in [-0.25, -0.2) is 0 Å². The number of hydrogen-bond acceptors (Lipinski definition) is 5. The van der Waals surface area contributed by atoms with Crippen LogP contribution in [0.5, 0.6) is 0 Å². The van der Waals surface area contributed by atoms with Crippen LogP contribution >= 0.6 is 11.3 Å². The fourth-order valence-electron chi connectivity index (χ4n) is 2.55. The number of hydrogen-bond donors (Lipinski definition) is 1. The minimum Gasteiger partial charge on any atom is -0.340 e. The summed E-state index contributed by atoms with van der Waals surface area (Å²) < 4.78 is 0. The van der Waals surface area contributed by atoms with E-state index in [4.69, 9.17) is 0 Å². The lowest BCUT2D eigenvalue weighted by molar-refractivity contribution is -0.380. The maximum Gasteiger partial charge on any atom is 0.324 e.